The van der Waals surface area contributed by atoms with E-state index >= 15 is 0 Å². The molecule has 3 heteroatoms. The summed E-state index contributed by atoms with van der Waals surface area (Å²) >= 11 is 1.68. The Kier molecular flexibility index (Phi) is 1.70. The van der Waals surface area contributed by atoms with Crippen molar-refractivity contribution in [3.05, 3.63) is 47.0 Å². The van der Waals surface area contributed by atoms with Gasteiger partial charge in [-0.15, -0.1) is 11.8 Å². The maximum absolute atomic E-state index is 4.40. The predicted molar refractivity (Wildman–Crippen MR) is 61.9 cm³/mol. The lowest BCUT2D eigenvalue weighted by Crippen LogP contribution is -2.19. The third kappa shape index (κ3) is 1.09. The zero-order valence-corrected chi connectivity index (χ0v) is 8.24. The third-order valence-corrected chi connectivity index (χ3v) is 2.89. The summed E-state index contributed by atoms with van der Waals surface area (Å²) in [7, 11) is 0. The van der Waals surface area contributed by atoms with Crippen molar-refractivity contribution in [1.29, 1.82) is 0 Å². The smallest absolute Gasteiger partial charge is 0.0870 e. The van der Waals surface area contributed by atoms with Crippen LogP contribution in [0.3, 0.4) is 0 Å². The summed E-state index contributed by atoms with van der Waals surface area (Å²) in [6.07, 6.45) is 3.98. The first kappa shape index (κ1) is 7.88. The van der Waals surface area contributed by atoms with E-state index in [0.29, 0.717) is 0 Å². The van der Waals surface area contributed by atoms with Gasteiger partial charge in [-0.3, -0.25) is 4.99 Å². The molecule has 0 atom stereocenters. The van der Waals surface area contributed by atoms with Crippen molar-refractivity contribution in [3.8, 4) is 0 Å². The van der Waals surface area contributed by atoms with E-state index in [1.807, 2.05) is 24.4 Å². The molecule has 0 aliphatic carbocycles. The number of rotatable bonds is 0. The minimum absolute atomic E-state index is 1.03. The first-order chi connectivity index (χ1) is 6.95. The highest BCUT2D eigenvalue weighted by molar-refractivity contribution is 8.05. The molecule has 0 bridgehead atoms. The van der Waals surface area contributed by atoms with Crippen LogP contribution in [0.4, 0.5) is 11.4 Å². The van der Waals surface area contributed by atoms with E-state index in [9.17, 15) is 0 Å². The van der Waals surface area contributed by atoms with Crippen LogP contribution in [0.25, 0.3) is 0 Å². The van der Waals surface area contributed by atoms with Gasteiger partial charge in [0.2, 0.25) is 0 Å². The summed E-state index contributed by atoms with van der Waals surface area (Å²) in [5, 5.41) is 4.17. The Morgan fingerprint density at radius 1 is 1.21 bits per heavy atom. The van der Waals surface area contributed by atoms with E-state index in [0.717, 1.165) is 17.1 Å². The van der Waals surface area contributed by atoms with Crippen LogP contribution in [0.1, 0.15) is 0 Å². The number of hydrogen-bond donors (Lipinski definition) is 0. The summed E-state index contributed by atoms with van der Waals surface area (Å²) in [5.74, 6) is 0. The molecule has 2 aliphatic rings. The molecule has 0 saturated carbocycles. The molecular weight excluding hydrogens is 192 g/mol. The third-order valence-electron chi connectivity index (χ3n) is 2.23. The molecule has 0 aromatic heterocycles. The summed E-state index contributed by atoms with van der Waals surface area (Å²) in [4.78, 5) is 6.55. The van der Waals surface area contributed by atoms with E-state index in [-0.39, 0.29) is 0 Å². The lowest BCUT2D eigenvalue weighted by atomic mass is 10.2. The van der Waals surface area contributed by atoms with Gasteiger partial charge in [0.1, 0.15) is 0 Å². The average Bonchev–Trinajstić information content (AvgIpc) is 2.29. The lowest BCUT2D eigenvalue weighted by Gasteiger charge is -2.27. The molecule has 3 rings (SSSR count). The molecule has 0 saturated heterocycles. The second-order valence-corrected chi connectivity index (χ2v) is 3.86. The van der Waals surface area contributed by atoms with Crippen molar-refractivity contribution < 1.29 is 0 Å². The highest BCUT2D eigenvalue weighted by Crippen LogP contribution is 2.36. The Morgan fingerprint density at radius 3 is 3.14 bits per heavy atom. The minimum atomic E-state index is 1.03. The Labute approximate surface area is 86.6 Å². The fraction of sp³-hybridized carbons (Fsp3) is 0. The van der Waals surface area contributed by atoms with E-state index in [2.05, 4.69) is 33.0 Å². The van der Waals surface area contributed by atoms with Crippen molar-refractivity contribution in [2.24, 2.45) is 4.99 Å². The molecular formula is C11H8N2S. The van der Waals surface area contributed by atoms with E-state index in [1.54, 1.807) is 11.8 Å². The number of thioether (sulfide) groups is 1. The molecule has 2 aliphatic heterocycles. The molecule has 2 nitrogen and oxygen atoms in total. The van der Waals surface area contributed by atoms with Crippen LogP contribution >= 0.6 is 11.8 Å². The number of para-hydroxylation sites is 2. The molecule has 0 amide bonds. The maximum atomic E-state index is 4.40. The van der Waals surface area contributed by atoms with Gasteiger partial charge in [-0.05, 0) is 17.5 Å². The van der Waals surface area contributed by atoms with Gasteiger partial charge in [-0.1, -0.05) is 12.1 Å². The normalized spacial score (nSPS) is 17.4. The van der Waals surface area contributed by atoms with Gasteiger partial charge in [-0.25, -0.2) is 0 Å². The summed E-state index contributed by atoms with van der Waals surface area (Å²) in [6, 6.07) is 8.15. The van der Waals surface area contributed by atoms with Crippen molar-refractivity contribution >= 4 is 29.4 Å². The van der Waals surface area contributed by atoms with Gasteiger partial charge in [-0.2, -0.15) is 0 Å². The second kappa shape index (κ2) is 3.03. The molecule has 0 N–H and O–H groups in total. The molecule has 14 heavy (non-hydrogen) atoms. The van der Waals surface area contributed by atoms with Crippen LogP contribution in [0.2, 0.25) is 0 Å². The fourth-order valence-electron chi connectivity index (χ4n) is 1.57. The zero-order chi connectivity index (χ0) is 9.38. The highest BCUT2D eigenvalue weighted by atomic mass is 32.2. The summed E-state index contributed by atoms with van der Waals surface area (Å²) in [5.41, 5.74) is 3.32. The second-order valence-electron chi connectivity index (χ2n) is 3.08. The standard InChI is InChI=1S/C11H8N2S/c1-2-4-11-10(3-1)12-7-9-8-14-6-5-13(9)11/h1-8H. The maximum Gasteiger partial charge on any atom is 0.0870 e. The van der Waals surface area contributed by atoms with Crippen LogP contribution in [-0.4, -0.2) is 6.21 Å². The van der Waals surface area contributed by atoms with E-state index < -0.39 is 0 Å². The molecule has 1 aromatic rings. The molecule has 68 valence electrons. The molecule has 0 radical (unpaired) electrons. The number of aliphatic imine (C=N–C) groups is 1. The van der Waals surface area contributed by atoms with Crippen LogP contribution in [0.5, 0.6) is 0 Å². The first-order valence-corrected chi connectivity index (χ1v) is 5.34. The van der Waals surface area contributed by atoms with E-state index in [4.69, 9.17) is 0 Å². The lowest BCUT2D eigenvalue weighted by molar-refractivity contribution is 1.21. The van der Waals surface area contributed by atoms with Crippen LogP contribution < -0.4 is 4.90 Å². The highest BCUT2D eigenvalue weighted by Gasteiger charge is 2.17. The number of benzene rings is 1. The van der Waals surface area contributed by atoms with Gasteiger partial charge in [0.15, 0.2) is 0 Å². The van der Waals surface area contributed by atoms with Crippen molar-refractivity contribution in [2.75, 3.05) is 4.90 Å². The predicted octanol–water partition coefficient (Wildman–Crippen LogP) is 3.27. The topological polar surface area (TPSA) is 15.6 Å². The fourth-order valence-corrected chi connectivity index (χ4v) is 2.16. The first-order valence-electron chi connectivity index (χ1n) is 4.40. The van der Waals surface area contributed by atoms with Crippen molar-refractivity contribution in [3.63, 3.8) is 0 Å². The molecule has 0 fully saturated rings. The molecule has 2 heterocycles. The van der Waals surface area contributed by atoms with Crippen LogP contribution in [0, 0.1) is 0 Å². The number of anilines is 1. The largest absolute Gasteiger partial charge is 0.313 e. The Bertz CT molecular complexity index is 460. The minimum Gasteiger partial charge on any atom is -0.313 e. The molecule has 1 aromatic carbocycles. The number of nitrogens with zero attached hydrogens (tertiary/aromatic N) is 2. The van der Waals surface area contributed by atoms with Gasteiger partial charge in [0.25, 0.3) is 0 Å². The van der Waals surface area contributed by atoms with Crippen LogP contribution in [0.15, 0.2) is 52.0 Å². The SMILES string of the molecule is C1=CN2C(=CS1)C=Nc1ccccc12. The Morgan fingerprint density at radius 2 is 2.14 bits per heavy atom. The van der Waals surface area contributed by atoms with Gasteiger partial charge in [0, 0.05) is 11.6 Å². The van der Waals surface area contributed by atoms with Crippen molar-refractivity contribution in [2.45, 2.75) is 0 Å². The van der Waals surface area contributed by atoms with Crippen LogP contribution in [-0.2, 0) is 0 Å². The number of fused-ring (bicyclic) bond motifs is 3. The summed E-state index contributed by atoms with van der Waals surface area (Å²) in [6.45, 7) is 0. The monoisotopic (exact) mass is 200 g/mol. The average molecular weight is 200 g/mol. The van der Waals surface area contributed by atoms with Crippen molar-refractivity contribution in [1.82, 2.24) is 0 Å². The molecule has 0 unspecified atom stereocenters. The van der Waals surface area contributed by atoms with Gasteiger partial charge in [0.05, 0.1) is 23.3 Å². The zero-order valence-electron chi connectivity index (χ0n) is 7.42. The van der Waals surface area contributed by atoms with Gasteiger partial charge < -0.3 is 4.90 Å². The van der Waals surface area contributed by atoms with E-state index in [1.165, 1.54) is 0 Å². The van der Waals surface area contributed by atoms with Gasteiger partial charge >= 0.3 is 0 Å². The summed E-state index contributed by atoms with van der Waals surface area (Å²) < 4.78 is 0. The Hall–Kier alpha value is -1.48. The quantitative estimate of drug-likeness (QED) is 0.638. The Balaban J connectivity index is 2.19. The number of hydrogen-bond acceptors (Lipinski definition) is 3. The molecule has 0 spiro atoms. The number of allylic oxidation sites excluding steroid dienone is 1.